The van der Waals surface area contributed by atoms with Crippen LogP contribution < -0.4 is 0 Å². The van der Waals surface area contributed by atoms with Gasteiger partial charge in [0.25, 0.3) is 0 Å². The molecule has 0 atom stereocenters. The van der Waals surface area contributed by atoms with Gasteiger partial charge in [0.1, 0.15) is 0 Å². The van der Waals surface area contributed by atoms with Gasteiger partial charge in [0.05, 0.1) is 0 Å². The summed E-state index contributed by atoms with van der Waals surface area (Å²) in [5, 5.41) is 0. The van der Waals surface area contributed by atoms with Gasteiger partial charge in [-0.15, -0.1) is 11.8 Å². The van der Waals surface area contributed by atoms with Gasteiger partial charge in [-0.05, 0) is 30.4 Å². The minimum absolute atomic E-state index is 0.0709. The molecule has 3 rings (SSSR count). The maximum atomic E-state index is 12.2. The van der Waals surface area contributed by atoms with Crippen molar-refractivity contribution in [3.8, 4) is 0 Å². The minimum atomic E-state index is -0.0709. The Balaban J connectivity index is 1.40. The van der Waals surface area contributed by atoms with Crippen LogP contribution in [-0.2, 0) is 20.8 Å². The lowest BCUT2D eigenvalue weighted by Gasteiger charge is -2.40. The second-order valence-corrected chi connectivity index (χ2v) is 7.29. The molecule has 5 nitrogen and oxygen atoms in total. The number of imide groups is 1. The van der Waals surface area contributed by atoms with E-state index in [0.29, 0.717) is 38.9 Å². The molecule has 3 amide bonds. The fourth-order valence-corrected chi connectivity index (χ4v) is 3.58. The summed E-state index contributed by atoms with van der Waals surface area (Å²) in [6, 6.07) is 8.30. The molecule has 6 heteroatoms. The number of carbonyl (C=O) groups is 3. The average molecular weight is 346 g/mol. The van der Waals surface area contributed by atoms with Crippen LogP contribution in [0.5, 0.6) is 0 Å². The van der Waals surface area contributed by atoms with Crippen molar-refractivity contribution in [2.24, 2.45) is 5.92 Å². The van der Waals surface area contributed by atoms with Crippen molar-refractivity contribution in [1.29, 1.82) is 0 Å². The van der Waals surface area contributed by atoms with Crippen molar-refractivity contribution in [2.45, 2.75) is 30.6 Å². The third kappa shape index (κ3) is 3.80. The van der Waals surface area contributed by atoms with E-state index in [1.54, 1.807) is 11.8 Å². The molecule has 24 heavy (non-hydrogen) atoms. The first kappa shape index (κ1) is 17.0. The molecule has 0 N–H and O–H groups in total. The lowest BCUT2D eigenvalue weighted by atomic mass is 9.98. The second kappa shape index (κ2) is 7.38. The molecule has 0 saturated carbocycles. The van der Waals surface area contributed by atoms with E-state index in [1.807, 2.05) is 11.2 Å². The summed E-state index contributed by atoms with van der Waals surface area (Å²) in [7, 11) is 0. The fraction of sp³-hybridized carbons (Fsp3) is 0.500. The normalized spacial score (nSPS) is 18.2. The van der Waals surface area contributed by atoms with Crippen LogP contribution in [0.4, 0.5) is 0 Å². The first-order chi connectivity index (χ1) is 11.6. The molecule has 2 saturated heterocycles. The molecular formula is C18H22N2O3S. The number of aryl methyl sites for hydroxylation is 1. The van der Waals surface area contributed by atoms with Crippen molar-refractivity contribution < 1.29 is 14.4 Å². The van der Waals surface area contributed by atoms with Crippen LogP contribution in [-0.4, -0.2) is 53.4 Å². The van der Waals surface area contributed by atoms with Gasteiger partial charge in [0, 0.05) is 49.7 Å². The monoisotopic (exact) mass is 346 g/mol. The highest BCUT2D eigenvalue weighted by Crippen LogP contribution is 2.22. The van der Waals surface area contributed by atoms with Crippen LogP contribution in [0.1, 0.15) is 24.8 Å². The van der Waals surface area contributed by atoms with E-state index in [0.717, 1.165) is 6.42 Å². The number of hydrogen-bond donors (Lipinski definition) is 0. The quantitative estimate of drug-likeness (QED) is 0.583. The number of hydrogen-bond acceptors (Lipinski definition) is 4. The van der Waals surface area contributed by atoms with Gasteiger partial charge >= 0.3 is 0 Å². The van der Waals surface area contributed by atoms with Gasteiger partial charge in [0.2, 0.25) is 17.7 Å². The number of nitrogens with zero attached hydrogens (tertiary/aromatic N) is 2. The summed E-state index contributed by atoms with van der Waals surface area (Å²) < 4.78 is 0. The van der Waals surface area contributed by atoms with Crippen molar-refractivity contribution >= 4 is 29.5 Å². The summed E-state index contributed by atoms with van der Waals surface area (Å²) in [4.78, 5) is 39.8. The minimum Gasteiger partial charge on any atom is -0.342 e. The molecule has 0 bridgehead atoms. The molecule has 1 aromatic rings. The highest BCUT2D eigenvalue weighted by molar-refractivity contribution is 7.98. The molecule has 2 fully saturated rings. The van der Waals surface area contributed by atoms with Gasteiger partial charge in [-0.2, -0.15) is 0 Å². The van der Waals surface area contributed by atoms with Crippen LogP contribution in [0.2, 0.25) is 0 Å². The topological polar surface area (TPSA) is 57.7 Å². The zero-order valence-electron chi connectivity index (χ0n) is 13.9. The van der Waals surface area contributed by atoms with Crippen LogP contribution in [0, 0.1) is 5.92 Å². The van der Waals surface area contributed by atoms with Crippen molar-refractivity contribution in [3.05, 3.63) is 29.8 Å². The summed E-state index contributed by atoms with van der Waals surface area (Å²) in [5.41, 5.74) is 1.17. The first-order valence-electron chi connectivity index (χ1n) is 8.30. The number of carbonyl (C=O) groups excluding carboxylic acids is 3. The van der Waals surface area contributed by atoms with Crippen molar-refractivity contribution in [3.63, 3.8) is 0 Å². The van der Waals surface area contributed by atoms with Crippen molar-refractivity contribution in [2.75, 3.05) is 25.9 Å². The number of rotatable bonds is 6. The third-order valence-electron chi connectivity index (χ3n) is 4.69. The molecule has 0 aromatic heterocycles. The Morgan fingerprint density at radius 3 is 2.33 bits per heavy atom. The van der Waals surface area contributed by atoms with E-state index in [-0.39, 0.29) is 23.6 Å². The molecule has 2 aliphatic rings. The zero-order valence-corrected chi connectivity index (χ0v) is 14.7. The Morgan fingerprint density at radius 1 is 1.12 bits per heavy atom. The summed E-state index contributed by atoms with van der Waals surface area (Å²) in [6.07, 6.45) is 3.97. The third-order valence-corrected chi connectivity index (χ3v) is 5.44. The van der Waals surface area contributed by atoms with Crippen LogP contribution in [0.3, 0.4) is 0 Å². The van der Waals surface area contributed by atoms with Crippen molar-refractivity contribution in [1.82, 2.24) is 9.80 Å². The zero-order chi connectivity index (χ0) is 17.1. The molecule has 128 valence electrons. The summed E-state index contributed by atoms with van der Waals surface area (Å²) in [6.45, 7) is 1.78. The van der Waals surface area contributed by atoms with E-state index >= 15 is 0 Å². The molecular weight excluding hydrogens is 324 g/mol. The maximum absolute atomic E-state index is 12.2. The largest absolute Gasteiger partial charge is 0.342 e. The number of amides is 3. The predicted octanol–water partition coefficient (Wildman–Crippen LogP) is 1.95. The Bertz CT molecular complexity index is 622. The van der Waals surface area contributed by atoms with E-state index in [4.69, 9.17) is 0 Å². The molecule has 2 aliphatic heterocycles. The smallest absolute Gasteiger partial charge is 0.229 e. The molecule has 0 aliphatic carbocycles. The molecule has 0 unspecified atom stereocenters. The molecule has 1 aromatic carbocycles. The molecule has 0 spiro atoms. The van der Waals surface area contributed by atoms with Crippen LogP contribution in [0.15, 0.2) is 29.2 Å². The Hall–Kier alpha value is -1.82. The Kier molecular flexibility index (Phi) is 5.23. The maximum Gasteiger partial charge on any atom is 0.229 e. The Morgan fingerprint density at radius 2 is 1.75 bits per heavy atom. The van der Waals surface area contributed by atoms with Gasteiger partial charge in [-0.1, -0.05) is 12.1 Å². The van der Waals surface area contributed by atoms with Crippen LogP contribution in [0.25, 0.3) is 0 Å². The highest BCUT2D eigenvalue weighted by atomic mass is 32.2. The van der Waals surface area contributed by atoms with E-state index in [1.165, 1.54) is 15.4 Å². The van der Waals surface area contributed by atoms with Crippen LogP contribution >= 0.6 is 11.8 Å². The van der Waals surface area contributed by atoms with Gasteiger partial charge in [-0.3, -0.25) is 19.3 Å². The summed E-state index contributed by atoms with van der Waals surface area (Å²) in [5.74, 6) is 0.247. The lowest BCUT2D eigenvalue weighted by molar-refractivity contribution is -0.142. The standard InChI is InChI=1S/C18H22N2O3S/c1-24-15-5-2-13(3-6-15)4-7-16(21)19-10-14(11-19)12-20-17(22)8-9-18(20)23/h2-3,5-6,14H,4,7-12H2,1H3. The predicted molar refractivity (Wildman–Crippen MR) is 92.6 cm³/mol. The SMILES string of the molecule is CSc1ccc(CCC(=O)N2CC(CN3C(=O)CCC3=O)C2)cc1. The van der Waals surface area contributed by atoms with Gasteiger partial charge < -0.3 is 4.90 Å². The van der Waals surface area contributed by atoms with E-state index in [2.05, 4.69) is 24.3 Å². The van der Waals surface area contributed by atoms with Gasteiger partial charge in [0.15, 0.2) is 0 Å². The number of thioether (sulfide) groups is 1. The first-order valence-corrected chi connectivity index (χ1v) is 9.53. The summed E-state index contributed by atoms with van der Waals surface area (Å²) >= 11 is 1.71. The molecule has 2 heterocycles. The van der Waals surface area contributed by atoms with E-state index in [9.17, 15) is 14.4 Å². The van der Waals surface area contributed by atoms with E-state index < -0.39 is 0 Å². The second-order valence-electron chi connectivity index (χ2n) is 6.41. The Labute approximate surface area is 146 Å². The number of likely N-dealkylation sites (tertiary alicyclic amines) is 2. The lowest BCUT2D eigenvalue weighted by Crippen LogP contribution is -2.54. The average Bonchev–Trinajstić information content (AvgIpc) is 2.87. The fourth-order valence-electron chi connectivity index (χ4n) is 3.18. The van der Waals surface area contributed by atoms with Gasteiger partial charge in [-0.25, -0.2) is 0 Å². The number of benzene rings is 1. The highest BCUT2D eigenvalue weighted by Gasteiger charge is 2.36. The molecule has 0 radical (unpaired) electrons.